The number of benzene rings is 1. The Hall–Kier alpha value is -1.27. The molecular formula is C12H16BrNO4. The fourth-order valence-corrected chi connectivity index (χ4v) is 2.10. The summed E-state index contributed by atoms with van der Waals surface area (Å²) in [6.07, 6.45) is 0.996. The smallest absolute Gasteiger partial charge is 0.303 e. The Morgan fingerprint density at radius 2 is 2.22 bits per heavy atom. The number of carboxylic acid groups (broad SMARTS) is 1. The van der Waals surface area contributed by atoms with Crippen molar-refractivity contribution in [3.8, 4) is 11.5 Å². The quantitative estimate of drug-likeness (QED) is 0.745. The molecule has 4 N–H and O–H groups in total. The first-order valence-corrected chi connectivity index (χ1v) is 6.26. The van der Waals surface area contributed by atoms with E-state index in [1.807, 2.05) is 0 Å². The largest absolute Gasteiger partial charge is 0.503 e. The van der Waals surface area contributed by atoms with Crippen molar-refractivity contribution in [1.29, 1.82) is 0 Å². The average molecular weight is 318 g/mol. The summed E-state index contributed by atoms with van der Waals surface area (Å²) in [7, 11) is 1.47. The Labute approximate surface area is 114 Å². The van der Waals surface area contributed by atoms with Gasteiger partial charge < -0.3 is 20.7 Å². The highest BCUT2D eigenvalue weighted by Gasteiger charge is 2.12. The number of hydrogen-bond acceptors (Lipinski definition) is 4. The number of methoxy groups -OCH3 is 1. The van der Waals surface area contributed by atoms with Gasteiger partial charge in [0.15, 0.2) is 11.5 Å². The van der Waals surface area contributed by atoms with Gasteiger partial charge in [-0.3, -0.25) is 4.79 Å². The van der Waals surface area contributed by atoms with E-state index in [0.29, 0.717) is 23.1 Å². The van der Waals surface area contributed by atoms with Gasteiger partial charge in [0.1, 0.15) is 0 Å². The summed E-state index contributed by atoms with van der Waals surface area (Å²) in [6, 6.07) is 3.21. The van der Waals surface area contributed by atoms with Gasteiger partial charge >= 0.3 is 5.97 Å². The SMILES string of the molecule is COc1cc(CC(N)CCC(=O)O)cc(Br)c1O. The van der Waals surface area contributed by atoms with Crippen LogP contribution in [0.25, 0.3) is 0 Å². The van der Waals surface area contributed by atoms with Crippen LogP contribution in [-0.4, -0.2) is 29.3 Å². The Morgan fingerprint density at radius 1 is 1.56 bits per heavy atom. The molecule has 100 valence electrons. The molecule has 0 spiro atoms. The number of rotatable bonds is 6. The second-order valence-electron chi connectivity index (χ2n) is 4.03. The molecule has 5 nitrogen and oxygen atoms in total. The van der Waals surface area contributed by atoms with Crippen molar-refractivity contribution in [2.75, 3.05) is 7.11 Å². The van der Waals surface area contributed by atoms with E-state index >= 15 is 0 Å². The molecule has 0 radical (unpaired) electrons. The van der Waals surface area contributed by atoms with Crippen molar-refractivity contribution in [3.05, 3.63) is 22.2 Å². The lowest BCUT2D eigenvalue weighted by atomic mass is 10.0. The van der Waals surface area contributed by atoms with Gasteiger partial charge in [0.2, 0.25) is 0 Å². The van der Waals surface area contributed by atoms with Crippen molar-refractivity contribution in [3.63, 3.8) is 0 Å². The molecule has 6 heteroatoms. The number of aliphatic carboxylic acids is 1. The van der Waals surface area contributed by atoms with E-state index in [1.165, 1.54) is 7.11 Å². The highest BCUT2D eigenvalue weighted by molar-refractivity contribution is 9.10. The first-order chi connectivity index (χ1) is 8.43. The molecule has 1 atom stereocenters. The van der Waals surface area contributed by atoms with Crippen LogP contribution in [0.15, 0.2) is 16.6 Å². The summed E-state index contributed by atoms with van der Waals surface area (Å²) in [6.45, 7) is 0. The number of phenolic OH excluding ortho intramolecular Hbond substituents is 1. The minimum Gasteiger partial charge on any atom is -0.503 e. The van der Waals surface area contributed by atoms with Crippen LogP contribution in [-0.2, 0) is 11.2 Å². The summed E-state index contributed by atoms with van der Waals surface area (Å²) >= 11 is 3.22. The summed E-state index contributed by atoms with van der Waals surface area (Å²) in [5.74, 6) is -0.444. The van der Waals surface area contributed by atoms with Crippen molar-refractivity contribution in [2.24, 2.45) is 5.73 Å². The predicted octanol–water partition coefficient (Wildman–Crippen LogP) is 1.90. The highest BCUT2D eigenvalue weighted by atomic mass is 79.9. The molecule has 0 aromatic heterocycles. The normalized spacial score (nSPS) is 12.2. The first kappa shape index (κ1) is 14.8. The third-order valence-corrected chi connectivity index (χ3v) is 3.14. The van der Waals surface area contributed by atoms with E-state index in [1.54, 1.807) is 12.1 Å². The van der Waals surface area contributed by atoms with E-state index < -0.39 is 5.97 Å². The molecule has 1 unspecified atom stereocenters. The van der Waals surface area contributed by atoms with Crippen LogP contribution in [0.2, 0.25) is 0 Å². The van der Waals surface area contributed by atoms with Crippen LogP contribution in [0.1, 0.15) is 18.4 Å². The topological polar surface area (TPSA) is 92.8 Å². The minimum absolute atomic E-state index is 0.0420. The first-order valence-electron chi connectivity index (χ1n) is 5.46. The van der Waals surface area contributed by atoms with E-state index in [2.05, 4.69) is 15.9 Å². The monoisotopic (exact) mass is 317 g/mol. The molecule has 0 saturated carbocycles. The average Bonchev–Trinajstić information content (AvgIpc) is 2.31. The Morgan fingerprint density at radius 3 is 2.78 bits per heavy atom. The molecular weight excluding hydrogens is 302 g/mol. The number of aromatic hydroxyl groups is 1. The molecule has 0 bridgehead atoms. The third-order valence-electron chi connectivity index (χ3n) is 2.54. The lowest BCUT2D eigenvalue weighted by Gasteiger charge is -2.13. The number of ether oxygens (including phenoxy) is 1. The molecule has 0 heterocycles. The molecule has 0 saturated heterocycles. The van der Waals surface area contributed by atoms with Crippen molar-refractivity contribution in [1.82, 2.24) is 0 Å². The van der Waals surface area contributed by atoms with Crippen LogP contribution in [0.4, 0.5) is 0 Å². The Bertz CT molecular complexity index is 436. The van der Waals surface area contributed by atoms with Crippen molar-refractivity contribution < 1.29 is 19.7 Å². The molecule has 0 aliphatic rings. The molecule has 0 aliphatic carbocycles. The van der Waals surface area contributed by atoms with Crippen LogP contribution < -0.4 is 10.5 Å². The van der Waals surface area contributed by atoms with Gasteiger partial charge in [-0.2, -0.15) is 0 Å². The van der Waals surface area contributed by atoms with Gasteiger partial charge in [0.25, 0.3) is 0 Å². The van der Waals surface area contributed by atoms with E-state index in [0.717, 1.165) is 5.56 Å². The second-order valence-corrected chi connectivity index (χ2v) is 4.88. The molecule has 1 aromatic carbocycles. The number of carboxylic acids is 1. The van der Waals surface area contributed by atoms with Gasteiger partial charge in [-0.1, -0.05) is 0 Å². The summed E-state index contributed by atoms with van der Waals surface area (Å²) < 4.78 is 5.56. The third kappa shape index (κ3) is 4.19. The predicted molar refractivity (Wildman–Crippen MR) is 70.9 cm³/mol. The van der Waals surface area contributed by atoms with Crippen LogP contribution in [0, 0.1) is 0 Å². The zero-order chi connectivity index (χ0) is 13.7. The lowest BCUT2D eigenvalue weighted by Crippen LogP contribution is -2.23. The fraction of sp³-hybridized carbons (Fsp3) is 0.417. The Kier molecular flexibility index (Phi) is 5.43. The molecule has 0 amide bonds. The van der Waals surface area contributed by atoms with Gasteiger partial charge in [-0.05, 0) is 46.5 Å². The number of nitrogens with two attached hydrogens (primary N) is 1. The standard InChI is InChI=1S/C12H16BrNO4/c1-18-10-6-7(5-9(13)12(10)17)4-8(14)2-3-11(15)16/h5-6,8,17H,2-4,14H2,1H3,(H,15,16). The minimum atomic E-state index is -0.852. The lowest BCUT2D eigenvalue weighted by molar-refractivity contribution is -0.137. The summed E-state index contributed by atoms with van der Waals surface area (Å²) in [5, 5.41) is 18.2. The Balaban J connectivity index is 2.72. The number of carbonyl (C=O) groups is 1. The molecule has 1 rings (SSSR count). The van der Waals surface area contributed by atoms with Crippen LogP contribution >= 0.6 is 15.9 Å². The van der Waals surface area contributed by atoms with Crippen molar-refractivity contribution in [2.45, 2.75) is 25.3 Å². The summed E-state index contributed by atoms with van der Waals surface area (Å²) in [5.41, 5.74) is 6.74. The van der Waals surface area contributed by atoms with Crippen LogP contribution in [0.5, 0.6) is 11.5 Å². The van der Waals surface area contributed by atoms with Crippen LogP contribution in [0.3, 0.4) is 0 Å². The van der Waals surface area contributed by atoms with Gasteiger partial charge in [-0.15, -0.1) is 0 Å². The zero-order valence-corrected chi connectivity index (χ0v) is 11.6. The van der Waals surface area contributed by atoms with Gasteiger partial charge in [0, 0.05) is 12.5 Å². The maximum atomic E-state index is 10.4. The maximum absolute atomic E-state index is 10.4. The zero-order valence-electron chi connectivity index (χ0n) is 10.0. The number of phenols is 1. The fourth-order valence-electron chi connectivity index (χ4n) is 1.61. The number of hydrogen-bond donors (Lipinski definition) is 3. The van der Waals surface area contributed by atoms with Crippen molar-refractivity contribution >= 4 is 21.9 Å². The molecule has 0 aliphatic heterocycles. The van der Waals surface area contributed by atoms with E-state index in [9.17, 15) is 9.90 Å². The second kappa shape index (κ2) is 6.61. The molecule has 0 fully saturated rings. The summed E-state index contributed by atoms with van der Waals surface area (Å²) in [4.78, 5) is 10.4. The van der Waals surface area contributed by atoms with E-state index in [4.69, 9.17) is 15.6 Å². The molecule has 1 aromatic rings. The maximum Gasteiger partial charge on any atom is 0.303 e. The number of halogens is 1. The van der Waals surface area contributed by atoms with Gasteiger partial charge in [0.05, 0.1) is 11.6 Å². The van der Waals surface area contributed by atoms with E-state index in [-0.39, 0.29) is 18.2 Å². The van der Waals surface area contributed by atoms with Gasteiger partial charge in [-0.25, -0.2) is 0 Å². The highest BCUT2D eigenvalue weighted by Crippen LogP contribution is 2.35. The molecule has 18 heavy (non-hydrogen) atoms.